The zero-order chi connectivity index (χ0) is 12.9. The Hall–Kier alpha value is -1.10. The molecule has 0 aromatic carbocycles. The second-order valence-corrected chi connectivity index (χ2v) is 6.37. The third kappa shape index (κ3) is 3.70. The van der Waals surface area contributed by atoms with Crippen molar-refractivity contribution in [3.8, 4) is 6.07 Å². The Kier molecular flexibility index (Phi) is 4.93. The predicted octanol–water partition coefficient (Wildman–Crippen LogP) is 0.983. The van der Waals surface area contributed by atoms with E-state index >= 15 is 0 Å². The Morgan fingerprint density at radius 3 is 2.94 bits per heavy atom. The molecule has 0 bridgehead atoms. The van der Waals surface area contributed by atoms with Gasteiger partial charge < -0.3 is 0 Å². The fourth-order valence-corrected chi connectivity index (χ4v) is 2.67. The molecule has 1 N–H and O–H groups in total. The molecule has 17 heavy (non-hydrogen) atoms. The third-order valence-corrected chi connectivity index (χ3v) is 4.56. The minimum absolute atomic E-state index is 0.0733. The first-order valence-electron chi connectivity index (χ1n) is 4.89. The van der Waals surface area contributed by atoms with Crippen LogP contribution >= 0.6 is 11.8 Å². The molecule has 1 aromatic heterocycles. The normalized spacial score (nSPS) is 13.0. The molecule has 0 spiro atoms. The molecule has 0 saturated carbocycles. The van der Waals surface area contributed by atoms with E-state index in [2.05, 4.69) is 9.71 Å². The first-order valence-corrected chi connectivity index (χ1v) is 7.66. The molecule has 0 saturated heterocycles. The summed E-state index contributed by atoms with van der Waals surface area (Å²) in [6, 6.07) is 4.63. The van der Waals surface area contributed by atoms with E-state index in [-0.39, 0.29) is 15.8 Å². The maximum absolute atomic E-state index is 11.9. The van der Waals surface area contributed by atoms with E-state index in [0.29, 0.717) is 6.54 Å². The van der Waals surface area contributed by atoms with Crippen molar-refractivity contribution in [1.82, 2.24) is 9.71 Å². The van der Waals surface area contributed by atoms with E-state index < -0.39 is 10.0 Å². The van der Waals surface area contributed by atoms with Crippen molar-refractivity contribution in [2.75, 3.05) is 12.8 Å². The van der Waals surface area contributed by atoms with Gasteiger partial charge in [0, 0.05) is 18.0 Å². The highest BCUT2D eigenvalue weighted by atomic mass is 32.2. The number of nitrogens with zero attached hydrogens (tertiary/aromatic N) is 2. The van der Waals surface area contributed by atoms with E-state index in [1.807, 2.05) is 13.2 Å². The Morgan fingerprint density at radius 2 is 2.35 bits per heavy atom. The molecule has 0 aliphatic rings. The maximum Gasteiger partial charge on any atom is 0.243 e. The molecule has 1 heterocycles. The van der Waals surface area contributed by atoms with Crippen molar-refractivity contribution in [3.05, 3.63) is 24.0 Å². The van der Waals surface area contributed by atoms with Gasteiger partial charge in [0.25, 0.3) is 0 Å². The summed E-state index contributed by atoms with van der Waals surface area (Å²) in [7, 11) is -3.66. The van der Waals surface area contributed by atoms with Crippen LogP contribution in [0.1, 0.15) is 12.6 Å². The number of pyridine rings is 1. The smallest absolute Gasteiger partial charge is 0.243 e. The van der Waals surface area contributed by atoms with Gasteiger partial charge in [-0.15, -0.1) is 0 Å². The average Bonchev–Trinajstić information content (AvgIpc) is 2.35. The molecule has 0 fully saturated rings. The Morgan fingerprint density at radius 1 is 1.65 bits per heavy atom. The van der Waals surface area contributed by atoms with Gasteiger partial charge in [0.05, 0.1) is 0 Å². The van der Waals surface area contributed by atoms with Crippen LogP contribution in [0.25, 0.3) is 0 Å². The van der Waals surface area contributed by atoms with Gasteiger partial charge in [-0.1, -0.05) is 6.92 Å². The highest BCUT2D eigenvalue weighted by molar-refractivity contribution is 7.99. The van der Waals surface area contributed by atoms with Gasteiger partial charge in [0.15, 0.2) is 5.69 Å². The van der Waals surface area contributed by atoms with Gasteiger partial charge in [-0.05, 0) is 18.4 Å². The summed E-state index contributed by atoms with van der Waals surface area (Å²) >= 11 is 1.56. The summed E-state index contributed by atoms with van der Waals surface area (Å²) in [4.78, 5) is 3.65. The molecule has 0 aliphatic carbocycles. The molecular weight excluding hydrogens is 258 g/mol. The van der Waals surface area contributed by atoms with Crippen molar-refractivity contribution < 1.29 is 8.42 Å². The molecule has 92 valence electrons. The number of hydrogen-bond donors (Lipinski definition) is 1. The monoisotopic (exact) mass is 271 g/mol. The molecule has 0 amide bonds. The highest BCUT2D eigenvalue weighted by Gasteiger charge is 2.19. The molecule has 1 aromatic rings. The van der Waals surface area contributed by atoms with E-state index in [0.717, 1.165) is 0 Å². The summed E-state index contributed by atoms with van der Waals surface area (Å²) in [6.45, 7) is 2.24. The lowest BCUT2D eigenvalue weighted by Crippen LogP contribution is -2.30. The van der Waals surface area contributed by atoms with Gasteiger partial charge in [-0.2, -0.15) is 17.0 Å². The first kappa shape index (κ1) is 14.0. The lowest BCUT2D eigenvalue weighted by atomic mass is 10.4. The minimum atomic E-state index is -3.66. The van der Waals surface area contributed by atoms with Crippen LogP contribution < -0.4 is 4.72 Å². The molecular formula is C10H13N3O2S2. The second-order valence-electron chi connectivity index (χ2n) is 3.36. The number of rotatable bonds is 5. The second kappa shape index (κ2) is 6.00. The van der Waals surface area contributed by atoms with Crippen LogP contribution in [0.15, 0.2) is 23.2 Å². The quantitative estimate of drug-likeness (QED) is 0.863. The number of hydrogen-bond acceptors (Lipinski definition) is 5. The van der Waals surface area contributed by atoms with Crippen molar-refractivity contribution in [2.45, 2.75) is 17.1 Å². The number of nitrogens with one attached hydrogen (secondary N) is 1. The fraction of sp³-hybridized carbons (Fsp3) is 0.400. The minimum Gasteiger partial charge on any atom is -0.244 e. The zero-order valence-corrected chi connectivity index (χ0v) is 11.2. The van der Waals surface area contributed by atoms with Crippen molar-refractivity contribution in [3.63, 3.8) is 0 Å². The van der Waals surface area contributed by atoms with Gasteiger partial charge in [-0.25, -0.2) is 18.1 Å². The number of nitriles is 1. The maximum atomic E-state index is 11.9. The summed E-state index contributed by atoms with van der Waals surface area (Å²) in [5, 5.41) is 8.97. The average molecular weight is 271 g/mol. The fourth-order valence-electron chi connectivity index (χ4n) is 1.08. The van der Waals surface area contributed by atoms with Gasteiger partial charge in [0.2, 0.25) is 10.0 Å². The molecule has 0 radical (unpaired) electrons. The summed E-state index contributed by atoms with van der Waals surface area (Å²) in [5.41, 5.74) is -0.0863. The summed E-state index contributed by atoms with van der Waals surface area (Å²) in [5.74, 6) is 0. The molecule has 1 atom stereocenters. The largest absolute Gasteiger partial charge is 0.244 e. The third-order valence-electron chi connectivity index (χ3n) is 2.13. The Bertz CT molecular complexity index is 523. The van der Waals surface area contributed by atoms with Crippen molar-refractivity contribution in [2.24, 2.45) is 0 Å². The standard InChI is InChI=1S/C10H13N3O2S2/c1-8(16-2)7-13-17(14,15)10-4-3-5-12-9(10)6-11/h3-5,8,13H,7H2,1-2H3. The molecule has 7 heteroatoms. The van der Waals surface area contributed by atoms with Crippen molar-refractivity contribution in [1.29, 1.82) is 5.26 Å². The van der Waals surface area contributed by atoms with E-state index in [1.165, 1.54) is 18.3 Å². The lowest BCUT2D eigenvalue weighted by Gasteiger charge is -2.10. The van der Waals surface area contributed by atoms with Crippen LogP contribution in [0.5, 0.6) is 0 Å². The van der Waals surface area contributed by atoms with Crippen LogP contribution in [-0.4, -0.2) is 31.5 Å². The Balaban J connectivity index is 2.95. The molecule has 1 rings (SSSR count). The molecule has 5 nitrogen and oxygen atoms in total. The lowest BCUT2D eigenvalue weighted by molar-refractivity contribution is 0.580. The van der Waals surface area contributed by atoms with Crippen molar-refractivity contribution >= 4 is 21.8 Å². The van der Waals surface area contributed by atoms with E-state index in [1.54, 1.807) is 17.8 Å². The van der Waals surface area contributed by atoms with Crippen LogP contribution in [0.4, 0.5) is 0 Å². The van der Waals surface area contributed by atoms with Gasteiger partial charge >= 0.3 is 0 Å². The van der Waals surface area contributed by atoms with Crippen LogP contribution in [0.3, 0.4) is 0 Å². The summed E-state index contributed by atoms with van der Waals surface area (Å²) < 4.78 is 26.3. The topological polar surface area (TPSA) is 82.8 Å². The number of thioether (sulfide) groups is 1. The van der Waals surface area contributed by atoms with Crippen LogP contribution in [0.2, 0.25) is 0 Å². The predicted molar refractivity (Wildman–Crippen MR) is 67.1 cm³/mol. The van der Waals surface area contributed by atoms with Gasteiger partial charge in [-0.3, -0.25) is 0 Å². The highest BCUT2D eigenvalue weighted by Crippen LogP contribution is 2.12. The number of sulfonamides is 1. The van der Waals surface area contributed by atoms with E-state index in [9.17, 15) is 8.42 Å². The number of aromatic nitrogens is 1. The molecule has 1 unspecified atom stereocenters. The molecule has 0 aliphatic heterocycles. The Labute approximate surface area is 105 Å². The van der Waals surface area contributed by atoms with E-state index in [4.69, 9.17) is 5.26 Å². The van der Waals surface area contributed by atoms with Gasteiger partial charge in [0.1, 0.15) is 11.0 Å². The SMILES string of the molecule is CSC(C)CNS(=O)(=O)c1cccnc1C#N. The summed E-state index contributed by atoms with van der Waals surface area (Å²) in [6.07, 6.45) is 3.30. The first-order chi connectivity index (χ1) is 8.01. The zero-order valence-electron chi connectivity index (χ0n) is 9.54. The van der Waals surface area contributed by atoms with Crippen LogP contribution in [0, 0.1) is 11.3 Å². The van der Waals surface area contributed by atoms with Crippen LogP contribution in [-0.2, 0) is 10.0 Å².